The molecule has 0 aliphatic carbocycles. The molecular formula is C24H52O11. The maximum atomic E-state index is 10.1. The summed E-state index contributed by atoms with van der Waals surface area (Å²) in [6.45, 7) is 10.6. The highest BCUT2D eigenvalue weighted by atomic mass is 16.6. The number of ether oxygens (including phenoxy) is 4. The van der Waals surface area contributed by atoms with E-state index in [1.807, 2.05) is 6.92 Å². The number of carboxylic acid groups (broad SMARTS) is 2. The van der Waals surface area contributed by atoms with Crippen molar-refractivity contribution >= 4 is 11.9 Å². The van der Waals surface area contributed by atoms with Crippen molar-refractivity contribution in [1.82, 2.24) is 0 Å². The number of aliphatic carboxylic acids is 2. The van der Waals surface area contributed by atoms with Crippen molar-refractivity contribution in [1.29, 1.82) is 0 Å². The SMILES string of the molecule is C1CCOC1.C1COCCO1.CC(O)C(=O)O.CCCCCCC(O)C(=O)O.CCCO.COC. The van der Waals surface area contributed by atoms with Crippen LogP contribution in [0.25, 0.3) is 0 Å². The van der Waals surface area contributed by atoms with Crippen molar-refractivity contribution in [3.05, 3.63) is 0 Å². The number of hydrogen-bond donors (Lipinski definition) is 5. The van der Waals surface area contributed by atoms with Gasteiger partial charge in [-0.25, -0.2) is 9.59 Å². The van der Waals surface area contributed by atoms with E-state index in [0.717, 1.165) is 71.7 Å². The first-order valence-corrected chi connectivity index (χ1v) is 12.2. The van der Waals surface area contributed by atoms with E-state index in [4.69, 9.17) is 39.7 Å². The van der Waals surface area contributed by atoms with Crippen LogP contribution in [0.3, 0.4) is 0 Å². The van der Waals surface area contributed by atoms with Crippen LogP contribution in [0, 0.1) is 0 Å². The summed E-state index contributed by atoms with van der Waals surface area (Å²) in [6, 6.07) is 0. The molecule has 0 amide bonds. The first kappa shape index (κ1) is 40.8. The van der Waals surface area contributed by atoms with Crippen LogP contribution in [-0.2, 0) is 28.5 Å². The second kappa shape index (κ2) is 37.2. The highest BCUT2D eigenvalue weighted by molar-refractivity contribution is 5.71. The van der Waals surface area contributed by atoms with Gasteiger partial charge in [0.25, 0.3) is 0 Å². The summed E-state index contributed by atoms with van der Waals surface area (Å²) in [5.41, 5.74) is 0. The van der Waals surface area contributed by atoms with E-state index in [9.17, 15) is 9.59 Å². The number of hydrogen-bond acceptors (Lipinski definition) is 9. The van der Waals surface area contributed by atoms with Crippen LogP contribution in [0.15, 0.2) is 0 Å². The zero-order chi connectivity index (χ0) is 27.7. The Morgan fingerprint density at radius 1 is 0.771 bits per heavy atom. The van der Waals surface area contributed by atoms with Gasteiger partial charge in [0.1, 0.15) is 6.10 Å². The van der Waals surface area contributed by atoms with Gasteiger partial charge in [-0.2, -0.15) is 0 Å². The molecule has 214 valence electrons. The number of carboxylic acids is 2. The summed E-state index contributed by atoms with van der Waals surface area (Å²) in [5, 5.41) is 40.8. The molecule has 2 atom stereocenters. The van der Waals surface area contributed by atoms with Crippen LogP contribution < -0.4 is 0 Å². The average Bonchev–Trinajstić information content (AvgIpc) is 3.44. The van der Waals surface area contributed by atoms with Gasteiger partial charge >= 0.3 is 11.9 Å². The minimum Gasteiger partial charge on any atom is -0.479 e. The summed E-state index contributed by atoms with van der Waals surface area (Å²) in [6.07, 6.45) is 5.49. The van der Waals surface area contributed by atoms with Crippen molar-refractivity contribution < 1.29 is 54.1 Å². The van der Waals surface area contributed by atoms with Gasteiger partial charge in [-0.05, 0) is 32.6 Å². The fourth-order valence-electron chi connectivity index (χ4n) is 1.84. The average molecular weight is 517 g/mol. The lowest BCUT2D eigenvalue weighted by Crippen LogP contribution is -2.18. The molecule has 5 N–H and O–H groups in total. The summed E-state index contributed by atoms with van der Waals surface area (Å²) in [4.78, 5) is 19.6. The van der Waals surface area contributed by atoms with Gasteiger partial charge in [-0.1, -0.05) is 39.5 Å². The van der Waals surface area contributed by atoms with Gasteiger partial charge in [-0.3, -0.25) is 0 Å². The number of aliphatic hydroxyl groups is 3. The number of unbranched alkanes of at least 4 members (excludes halogenated alkanes) is 3. The van der Waals surface area contributed by atoms with Crippen LogP contribution in [0.2, 0.25) is 0 Å². The monoisotopic (exact) mass is 516 g/mol. The van der Waals surface area contributed by atoms with Crippen molar-refractivity contribution in [2.24, 2.45) is 0 Å². The van der Waals surface area contributed by atoms with Crippen LogP contribution >= 0.6 is 0 Å². The van der Waals surface area contributed by atoms with E-state index in [2.05, 4.69) is 11.7 Å². The zero-order valence-corrected chi connectivity index (χ0v) is 22.4. The third kappa shape index (κ3) is 50.5. The molecule has 0 radical (unpaired) electrons. The molecule has 2 unspecified atom stereocenters. The maximum Gasteiger partial charge on any atom is 0.332 e. The molecule has 2 saturated heterocycles. The van der Waals surface area contributed by atoms with Crippen molar-refractivity contribution in [2.45, 2.75) is 84.3 Å². The van der Waals surface area contributed by atoms with E-state index in [1.165, 1.54) is 19.8 Å². The molecule has 0 bridgehead atoms. The van der Waals surface area contributed by atoms with Gasteiger partial charge in [0.05, 0.1) is 26.4 Å². The third-order valence-electron chi connectivity index (χ3n) is 3.77. The van der Waals surface area contributed by atoms with E-state index < -0.39 is 24.1 Å². The minimum absolute atomic E-state index is 0.319. The number of methoxy groups -OCH3 is 1. The number of carbonyl (C=O) groups is 2. The van der Waals surface area contributed by atoms with Gasteiger partial charge in [-0.15, -0.1) is 0 Å². The predicted octanol–water partition coefficient (Wildman–Crippen LogP) is 2.34. The van der Waals surface area contributed by atoms with Crippen LogP contribution in [-0.4, -0.2) is 110 Å². The van der Waals surface area contributed by atoms with Crippen molar-refractivity contribution in [2.75, 3.05) is 60.5 Å². The smallest absolute Gasteiger partial charge is 0.332 e. The molecule has 2 aliphatic rings. The largest absolute Gasteiger partial charge is 0.479 e. The Morgan fingerprint density at radius 3 is 1.34 bits per heavy atom. The Balaban J connectivity index is -0.000000174. The van der Waals surface area contributed by atoms with E-state index in [0.29, 0.717) is 13.0 Å². The minimum atomic E-state index is -1.23. The van der Waals surface area contributed by atoms with Gasteiger partial charge in [0, 0.05) is 34.0 Å². The lowest BCUT2D eigenvalue weighted by molar-refractivity contribution is -0.147. The van der Waals surface area contributed by atoms with Gasteiger partial charge < -0.3 is 44.5 Å². The quantitative estimate of drug-likeness (QED) is 0.300. The Hall–Kier alpha value is -1.34. The number of rotatable bonds is 8. The molecule has 35 heavy (non-hydrogen) atoms. The zero-order valence-electron chi connectivity index (χ0n) is 22.4. The Bertz CT molecular complexity index is 378. The highest BCUT2D eigenvalue weighted by Gasteiger charge is 2.11. The molecule has 2 heterocycles. The molecule has 0 spiro atoms. The molecule has 0 aromatic carbocycles. The molecule has 11 nitrogen and oxygen atoms in total. The predicted molar refractivity (Wildman–Crippen MR) is 134 cm³/mol. The summed E-state index contributed by atoms with van der Waals surface area (Å²) in [5.74, 6) is -2.29. The summed E-state index contributed by atoms with van der Waals surface area (Å²) >= 11 is 0. The summed E-state index contributed by atoms with van der Waals surface area (Å²) < 4.78 is 19.1. The normalized spacial score (nSPS) is 15.3. The van der Waals surface area contributed by atoms with Crippen molar-refractivity contribution in [3.63, 3.8) is 0 Å². The first-order valence-electron chi connectivity index (χ1n) is 12.2. The van der Waals surface area contributed by atoms with Gasteiger partial charge in [0.2, 0.25) is 0 Å². The topological polar surface area (TPSA) is 172 Å². The maximum absolute atomic E-state index is 10.1. The Labute approximate surface area is 211 Å². The molecule has 2 fully saturated rings. The fraction of sp³-hybridized carbons (Fsp3) is 0.917. The fourth-order valence-corrected chi connectivity index (χ4v) is 1.84. The van der Waals surface area contributed by atoms with Crippen LogP contribution in [0.1, 0.15) is 72.1 Å². The molecular weight excluding hydrogens is 464 g/mol. The van der Waals surface area contributed by atoms with Crippen molar-refractivity contribution in [3.8, 4) is 0 Å². The molecule has 0 aromatic rings. The summed E-state index contributed by atoms with van der Waals surface area (Å²) in [7, 11) is 3.25. The molecule has 2 aliphatic heterocycles. The first-order chi connectivity index (χ1) is 16.7. The van der Waals surface area contributed by atoms with E-state index in [-0.39, 0.29) is 0 Å². The highest BCUT2D eigenvalue weighted by Crippen LogP contribution is 2.05. The molecule has 0 aromatic heterocycles. The van der Waals surface area contributed by atoms with Crippen LogP contribution in [0.4, 0.5) is 0 Å². The number of aliphatic hydroxyl groups excluding tert-OH is 3. The second-order valence-electron chi connectivity index (χ2n) is 7.39. The second-order valence-corrected chi connectivity index (χ2v) is 7.39. The Kier molecular flexibility index (Phi) is 43.4. The van der Waals surface area contributed by atoms with Gasteiger partial charge in [0.15, 0.2) is 6.10 Å². The third-order valence-corrected chi connectivity index (χ3v) is 3.77. The van der Waals surface area contributed by atoms with E-state index in [1.54, 1.807) is 14.2 Å². The van der Waals surface area contributed by atoms with Crippen LogP contribution in [0.5, 0.6) is 0 Å². The molecule has 0 saturated carbocycles. The molecule has 2 rings (SSSR count). The lowest BCUT2D eigenvalue weighted by atomic mass is 10.1. The standard InChI is InChI=1S/C8H16O3.C4H8O2.C4H8O.C3H6O3.C3H8O.C2H6O/c1-2-3-4-5-6-7(9)8(10)11;1-2-6-4-3-5-1;1-2-4-5-3-1;1-2(4)3(5)6;1-2-3-4;1-3-2/h7,9H,2-6H2,1H3,(H,10,11);1-4H2;1-4H2;2,4H,1H3,(H,5,6);4H,2-3H2,1H3;1-2H3. The molecule has 11 heteroatoms. The lowest BCUT2D eigenvalue weighted by Gasteiger charge is -2.09. The van der Waals surface area contributed by atoms with E-state index >= 15 is 0 Å². The Morgan fingerprint density at radius 2 is 1.14 bits per heavy atom.